The van der Waals surface area contributed by atoms with E-state index in [1.54, 1.807) is 0 Å². The van der Waals surface area contributed by atoms with Gasteiger partial charge in [-0.25, -0.2) is 0 Å². The van der Waals surface area contributed by atoms with Gasteiger partial charge in [-0.05, 0) is 117 Å². The molecular weight excluding hydrogens is 613 g/mol. The molecule has 2 aromatic heterocycles. The van der Waals surface area contributed by atoms with E-state index in [0.29, 0.717) is 0 Å². The Hall–Kier alpha value is -5.16. The van der Waals surface area contributed by atoms with Gasteiger partial charge in [-0.15, -0.1) is 22.7 Å². The van der Waals surface area contributed by atoms with Crippen molar-refractivity contribution in [2.24, 2.45) is 0 Å². The Labute approximate surface area is 281 Å². The zero-order chi connectivity index (χ0) is 31.9. The van der Waals surface area contributed by atoms with E-state index in [1.165, 1.54) is 63.3 Å². The van der Waals surface area contributed by atoms with Gasteiger partial charge in [0.1, 0.15) is 11.5 Å². The average Bonchev–Trinajstić information content (AvgIpc) is 3.80. The summed E-state index contributed by atoms with van der Waals surface area (Å²) >= 11 is 3.67. The number of fused-ring (bicyclic) bond motifs is 5. The summed E-state index contributed by atoms with van der Waals surface area (Å²) in [5.41, 5.74) is 10.4. The summed E-state index contributed by atoms with van der Waals surface area (Å²) in [5.74, 6) is 0.560. The van der Waals surface area contributed by atoms with E-state index in [9.17, 15) is 10.2 Å². The van der Waals surface area contributed by atoms with Crippen LogP contribution in [-0.2, 0) is 5.41 Å². The fourth-order valence-electron chi connectivity index (χ4n) is 7.62. The van der Waals surface area contributed by atoms with Crippen LogP contribution in [-0.4, -0.2) is 10.2 Å². The first-order valence-corrected chi connectivity index (χ1v) is 17.4. The second-order valence-electron chi connectivity index (χ2n) is 12.5. The summed E-state index contributed by atoms with van der Waals surface area (Å²) in [6.45, 7) is 3.93. The van der Waals surface area contributed by atoms with Crippen LogP contribution in [0.1, 0.15) is 33.4 Å². The molecule has 2 N–H and O–H groups in total. The predicted molar refractivity (Wildman–Crippen MR) is 198 cm³/mol. The lowest BCUT2D eigenvalue weighted by Crippen LogP contribution is -2.29. The van der Waals surface area contributed by atoms with Crippen molar-refractivity contribution in [3.05, 3.63) is 167 Å². The number of thiophene rings is 2. The molecule has 0 bridgehead atoms. The molecule has 0 atom stereocenters. The van der Waals surface area contributed by atoms with Gasteiger partial charge in [-0.1, -0.05) is 97.1 Å². The van der Waals surface area contributed by atoms with Crippen LogP contribution >= 0.6 is 22.7 Å². The molecule has 2 heterocycles. The van der Waals surface area contributed by atoms with Gasteiger partial charge in [0.2, 0.25) is 0 Å². The number of phenols is 2. The number of phenolic OH excluding ortho intramolecular Hbond substituents is 2. The van der Waals surface area contributed by atoms with Crippen molar-refractivity contribution in [1.29, 1.82) is 0 Å². The van der Waals surface area contributed by atoms with Crippen LogP contribution in [0.25, 0.3) is 52.2 Å². The van der Waals surface area contributed by atoms with Gasteiger partial charge in [0, 0.05) is 19.2 Å². The highest BCUT2D eigenvalue weighted by Crippen LogP contribution is 2.61. The maximum Gasteiger partial charge on any atom is 0.118 e. The first-order valence-electron chi connectivity index (χ1n) is 15.8. The molecular formula is C43H30O2S2. The third-order valence-corrected chi connectivity index (χ3v) is 12.1. The van der Waals surface area contributed by atoms with Gasteiger partial charge in [-0.2, -0.15) is 0 Å². The molecule has 0 amide bonds. The van der Waals surface area contributed by atoms with E-state index in [-0.39, 0.29) is 11.5 Å². The molecule has 1 aliphatic carbocycles. The minimum atomic E-state index is -0.693. The molecule has 0 spiro atoms. The van der Waals surface area contributed by atoms with Crippen molar-refractivity contribution < 1.29 is 10.2 Å². The van der Waals surface area contributed by atoms with Crippen molar-refractivity contribution in [3.63, 3.8) is 0 Å². The summed E-state index contributed by atoms with van der Waals surface area (Å²) in [6.07, 6.45) is 0. The van der Waals surface area contributed by atoms with Gasteiger partial charge >= 0.3 is 0 Å². The molecule has 0 saturated heterocycles. The Morgan fingerprint density at radius 2 is 0.915 bits per heavy atom. The molecule has 2 nitrogen and oxygen atoms in total. The monoisotopic (exact) mass is 642 g/mol. The molecule has 226 valence electrons. The summed E-state index contributed by atoms with van der Waals surface area (Å²) in [4.78, 5) is 2.47. The third kappa shape index (κ3) is 4.08. The molecule has 0 radical (unpaired) electrons. The Morgan fingerprint density at radius 3 is 1.34 bits per heavy atom. The molecule has 9 rings (SSSR count). The molecule has 0 unspecified atom stereocenters. The maximum atomic E-state index is 10.7. The van der Waals surface area contributed by atoms with Crippen LogP contribution in [0.15, 0.2) is 133 Å². The number of hydrogen-bond acceptors (Lipinski definition) is 4. The van der Waals surface area contributed by atoms with Crippen LogP contribution in [0.2, 0.25) is 0 Å². The van der Waals surface area contributed by atoms with Crippen LogP contribution in [0, 0.1) is 13.8 Å². The Balaban J connectivity index is 1.46. The van der Waals surface area contributed by atoms with Gasteiger partial charge in [0.25, 0.3) is 0 Å². The lowest BCUT2D eigenvalue weighted by atomic mass is 9.67. The lowest BCUT2D eigenvalue weighted by Gasteiger charge is -2.34. The van der Waals surface area contributed by atoms with Gasteiger partial charge < -0.3 is 10.2 Å². The second-order valence-corrected chi connectivity index (χ2v) is 14.7. The summed E-state index contributed by atoms with van der Waals surface area (Å²) < 4.78 is 2.54. The smallest absolute Gasteiger partial charge is 0.118 e. The minimum Gasteiger partial charge on any atom is -0.508 e. The van der Waals surface area contributed by atoms with E-state index in [4.69, 9.17) is 0 Å². The molecule has 1 aliphatic rings. The number of aromatic hydroxyl groups is 2. The van der Waals surface area contributed by atoms with Crippen molar-refractivity contribution in [2.45, 2.75) is 19.3 Å². The van der Waals surface area contributed by atoms with Gasteiger partial charge in [0.15, 0.2) is 0 Å². The van der Waals surface area contributed by atoms with Crippen LogP contribution < -0.4 is 0 Å². The van der Waals surface area contributed by atoms with Crippen molar-refractivity contribution in [3.8, 4) is 43.5 Å². The van der Waals surface area contributed by atoms with E-state index >= 15 is 0 Å². The van der Waals surface area contributed by atoms with Crippen molar-refractivity contribution in [2.75, 3.05) is 0 Å². The molecule has 6 aromatic carbocycles. The largest absolute Gasteiger partial charge is 0.508 e. The highest BCUT2D eigenvalue weighted by Gasteiger charge is 2.48. The second kappa shape index (κ2) is 10.4. The zero-order valence-corrected chi connectivity index (χ0v) is 27.5. The first kappa shape index (κ1) is 28.1. The van der Waals surface area contributed by atoms with E-state index < -0.39 is 5.41 Å². The van der Waals surface area contributed by atoms with E-state index in [1.807, 2.05) is 48.7 Å². The molecule has 0 saturated carbocycles. The van der Waals surface area contributed by atoms with Crippen molar-refractivity contribution in [1.82, 2.24) is 0 Å². The normalized spacial score (nSPS) is 13.2. The van der Waals surface area contributed by atoms with Crippen LogP contribution in [0.4, 0.5) is 0 Å². The van der Waals surface area contributed by atoms with E-state index in [0.717, 1.165) is 22.3 Å². The Kier molecular flexibility index (Phi) is 6.23. The highest BCUT2D eigenvalue weighted by atomic mass is 32.1. The molecule has 0 fully saturated rings. The van der Waals surface area contributed by atoms with Gasteiger partial charge in [-0.3, -0.25) is 0 Å². The van der Waals surface area contributed by atoms with Gasteiger partial charge in [0.05, 0.1) is 5.41 Å². The Bertz CT molecular complexity index is 2290. The standard InChI is InChI=1S/C43H30O2S2/c1-25-21-29(17-19-35(25)44)43(30-18-20-36(45)26(2)22-30)33-13-7-11-31(39-23-27-9-3-5-15-37(27)46-39)41(33)42-32(12-8-14-34(42)43)40-24-28-10-4-6-16-38(28)47-40/h3-24,44-45H,1-2H3. The lowest BCUT2D eigenvalue weighted by molar-refractivity contribution is 0.470. The van der Waals surface area contributed by atoms with Crippen molar-refractivity contribution >= 4 is 42.8 Å². The summed E-state index contributed by atoms with van der Waals surface area (Å²) in [7, 11) is 0. The number of aryl methyl sites for hydroxylation is 2. The molecule has 0 aliphatic heterocycles. The minimum absolute atomic E-state index is 0.280. The topological polar surface area (TPSA) is 40.5 Å². The molecule has 8 aromatic rings. The number of hydrogen-bond donors (Lipinski definition) is 2. The average molecular weight is 643 g/mol. The fraction of sp³-hybridized carbons (Fsp3) is 0.0698. The van der Waals surface area contributed by atoms with E-state index in [2.05, 4.69) is 121 Å². The van der Waals surface area contributed by atoms with Crippen LogP contribution in [0.5, 0.6) is 11.5 Å². The number of rotatable bonds is 4. The Morgan fingerprint density at radius 1 is 0.468 bits per heavy atom. The quantitative estimate of drug-likeness (QED) is 0.201. The fourth-order valence-corrected chi connectivity index (χ4v) is 9.81. The molecule has 4 heteroatoms. The predicted octanol–water partition coefficient (Wildman–Crippen LogP) is 11.8. The maximum absolute atomic E-state index is 10.7. The summed E-state index contributed by atoms with van der Waals surface area (Å²) in [6, 6.07) is 47.4. The zero-order valence-electron chi connectivity index (χ0n) is 25.9. The van der Waals surface area contributed by atoms with Crippen LogP contribution in [0.3, 0.4) is 0 Å². The highest BCUT2D eigenvalue weighted by molar-refractivity contribution is 7.22. The third-order valence-electron chi connectivity index (χ3n) is 9.83. The first-order chi connectivity index (χ1) is 22.9. The number of benzene rings is 6. The summed E-state index contributed by atoms with van der Waals surface area (Å²) in [5, 5.41) is 23.9. The SMILES string of the molecule is Cc1cc(C2(c3ccc(O)c(C)c3)c3cccc(-c4cc5ccccc5s4)c3-c3c(-c4cc5ccccc5s4)cccc32)ccc1O. The molecule has 47 heavy (non-hydrogen) atoms.